The molecule has 2 heterocycles. The number of hydrogen-bond donors (Lipinski definition) is 3. The van der Waals surface area contributed by atoms with E-state index in [1.54, 1.807) is 30.5 Å². The van der Waals surface area contributed by atoms with E-state index in [2.05, 4.69) is 15.3 Å². The Kier molecular flexibility index (Phi) is 4.67. The molecule has 3 rings (SSSR count). The first-order valence-electron chi connectivity index (χ1n) is 8.04. The first kappa shape index (κ1) is 16.9. The van der Waals surface area contributed by atoms with Crippen molar-refractivity contribution in [1.82, 2.24) is 14.4 Å². The fourth-order valence-electron chi connectivity index (χ4n) is 2.55. The van der Waals surface area contributed by atoms with Crippen LogP contribution in [0.15, 0.2) is 42.9 Å². The molecule has 130 valence electrons. The molecule has 0 spiro atoms. The number of imidazole rings is 1. The van der Waals surface area contributed by atoms with E-state index in [4.69, 9.17) is 5.11 Å². The van der Waals surface area contributed by atoms with E-state index in [0.29, 0.717) is 17.2 Å². The second-order valence-electron chi connectivity index (χ2n) is 6.19. The van der Waals surface area contributed by atoms with Crippen LogP contribution in [0.3, 0.4) is 0 Å². The lowest BCUT2D eigenvalue weighted by molar-refractivity contribution is 0.0697. The minimum Gasteiger partial charge on any atom is -0.478 e. The lowest BCUT2D eigenvalue weighted by atomic mass is 10.1. The van der Waals surface area contributed by atoms with Crippen LogP contribution in [0.2, 0.25) is 0 Å². The van der Waals surface area contributed by atoms with Gasteiger partial charge < -0.3 is 19.9 Å². The van der Waals surface area contributed by atoms with Gasteiger partial charge in [0.15, 0.2) is 11.5 Å². The molecular weight excluding hydrogens is 320 g/mol. The number of fused-ring (bicyclic) bond motifs is 1. The summed E-state index contributed by atoms with van der Waals surface area (Å²) in [7, 11) is 0. The molecule has 3 N–H and O–H groups in total. The summed E-state index contributed by atoms with van der Waals surface area (Å²) in [6, 6.07) is 6.41. The maximum Gasteiger partial charge on any atom is 0.335 e. The van der Waals surface area contributed by atoms with Crippen molar-refractivity contribution in [1.29, 1.82) is 0 Å². The number of benzene rings is 1. The van der Waals surface area contributed by atoms with Gasteiger partial charge in [0, 0.05) is 24.2 Å². The number of nitrogens with zero attached hydrogens (tertiary/aromatic N) is 3. The van der Waals surface area contributed by atoms with Gasteiger partial charge in [0.2, 0.25) is 0 Å². The van der Waals surface area contributed by atoms with Gasteiger partial charge in [0.25, 0.3) is 0 Å². The highest BCUT2D eigenvalue weighted by Crippen LogP contribution is 2.23. The Bertz CT molecular complexity index is 887. The van der Waals surface area contributed by atoms with E-state index in [-0.39, 0.29) is 24.1 Å². The van der Waals surface area contributed by atoms with Crippen molar-refractivity contribution in [3.63, 3.8) is 0 Å². The predicted molar refractivity (Wildman–Crippen MR) is 94.7 cm³/mol. The van der Waals surface area contributed by atoms with Crippen molar-refractivity contribution in [2.75, 3.05) is 11.9 Å². The monoisotopic (exact) mass is 340 g/mol. The molecular formula is C18H20N4O3. The summed E-state index contributed by atoms with van der Waals surface area (Å²) in [5.41, 5.74) is 2.38. The molecule has 25 heavy (non-hydrogen) atoms. The average molecular weight is 340 g/mol. The maximum atomic E-state index is 11.0. The van der Waals surface area contributed by atoms with Gasteiger partial charge in [-0.2, -0.15) is 0 Å². The molecule has 0 radical (unpaired) electrons. The van der Waals surface area contributed by atoms with Crippen molar-refractivity contribution in [2.24, 2.45) is 5.92 Å². The zero-order valence-electron chi connectivity index (χ0n) is 14.0. The van der Waals surface area contributed by atoms with Crippen LogP contribution >= 0.6 is 0 Å². The molecule has 0 aliphatic heterocycles. The highest BCUT2D eigenvalue weighted by Gasteiger charge is 2.16. The Labute approximate surface area is 145 Å². The van der Waals surface area contributed by atoms with Crippen molar-refractivity contribution in [3.8, 4) is 11.3 Å². The number of aromatic carboxylic acids is 1. The summed E-state index contributed by atoms with van der Waals surface area (Å²) in [6.07, 6.45) is 5.34. The second kappa shape index (κ2) is 6.90. The minimum atomic E-state index is -0.963. The van der Waals surface area contributed by atoms with E-state index in [0.717, 1.165) is 5.56 Å². The highest BCUT2D eigenvalue weighted by molar-refractivity contribution is 5.88. The maximum absolute atomic E-state index is 11.0. The van der Waals surface area contributed by atoms with Crippen molar-refractivity contribution >= 4 is 17.4 Å². The molecule has 0 amide bonds. The van der Waals surface area contributed by atoms with Crippen molar-refractivity contribution < 1.29 is 15.0 Å². The summed E-state index contributed by atoms with van der Waals surface area (Å²) >= 11 is 0. The molecule has 0 bridgehead atoms. The van der Waals surface area contributed by atoms with Gasteiger partial charge >= 0.3 is 5.97 Å². The number of aliphatic hydroxyl groups is 1. The van der Waals surface area contributed by atoms with Gasteiger partial charge in [-0.1, -0.05) is 26.0 Å². The van der Waals surface area contributed by atoms with E-state index in [9.17, 15) is 9.90 Å². The molecule has 1 aromatic carbocycles. The number of aromatic nitrogens is 3. The van der Waals surface area contributed by atoms with Gasteiger partial charge in [-0.05, 0) is 18.1 Å². The number of aliphatic hydroxyl groups excluding tert-OH is 1. The lowest BCUT2D eigenvalue weighted by Crippen LogP contribution is -2.30. The van der Waals surface area contributed by atoms with Gasteiger partial charge in [-0.3, -0.25) is 0 Å². The third-order valence-electron chi connectivity index (χ3n) is 4.13. The fourth-order valence-corrected chi connectivity index (χ4v) is 2.55. The second-order valence-corrected chi connectivity index (χ2v) is 6.19. The summed E-state index contributed by atoms with van der Waals surface area (Å²) in [4.78, 5) is 20.0. The number of carbonyl (C=O) groups is 1. The fraction of sp³-hybridized carbons (Fsp3) is 0.278. The molecule has 3 aromatic rings. The molecule has 7 heteroatoms. The van der Waals surface area contributed by atoms with Crippen LogP contribution in [0.1, 0.15) is 24.2 Å². The van der Waals surface area contributed by atoms with Crippen LogP contribution in [0.4, 0.5) is 5.82 Å². The lowest BCUT2D eigenvalue weighted by Gasteiger charge is -2.21. The summed E-state index contributed by atoms with van der Waals surface area (Å²) in [5.74, 6) is -0.160. The van der Waals surface area contributed by atoms with Gasteiger partial charge in [0.1, 0.15) is 0 Å². The first-order chi connectivity index (χ1) is 12.0. The number of carboxylic acids is 1. The quantitative estimate of drug-likeness (QED) is 0.638. The third kappa shape index (κ3) is 3.46. The number of hydrogen-bond acceptors (Lipinski definition) is 5. The Balaban J connectivity index is 2.03. The molecule has 2 aromatic heterocycles. The van der Waals surface area contributed by atoms with Gasteiger partial charge in [-0.15, -0.1) is 0 Å². The standard InChI is InChI=1S/C18H20N4O3/c1-11(2)15(10-23)21-16-17-19-7-8-22(17)9-14(20-16)12-3-5-13(6-4-12)18(24)25/h3-9,11,15,23H,10H2,1-2H3,(H,20,21)(H,24,25). The van der Waals surface area contributed by atoms with Crippen molar-refractivity contribution in [2.45, 2.75) is 19.9 Å². The van der Waals surface area contributed by atoms with Gasteiger partial charge in [-0.25, -0.2) is 14.8 Å². The molecule has 0 aliphatic rings. The Morgan fingerprint density at radius 2 is 2.00 bits per heavy atom. The van der Waals surface area contributed by atoms with Crippen LogP contribution in [0.25, 0.3) is 16.9 Å². The van der Waals surface area contributed by atoms with Crippen molar-refractivity contribution in [3.05, 3.63) is 48.4 Å². The Morgan fingerprint density at radius 1 is 1.28 bits per heavy atom. The molecule has 1 unspecified atom stereocenters. The SMILES string of the molecule is CC(C)C(CO)Nc1nc(-c2ccc(C(=O)O)cc2)cn2ccnc12. The number of anilines is 1. The minimum absolute atomic E-state index is 0.0102. The molecule has 0 fully saturated rings. The smallest absolute Gasteiger partial charge is 0.335 e. The topological polar surface area (TPSA) is 99.8 Å². The molecule has 0 aliphatic carbocycles. The van der Waals surface area contributed by atoms with E-state index < -0.39 is 5.97 Å². The highest BCUT2D eigenvalue weighted by atomic mass is 16.4. The van der Waals surface area contributed by atoms with Crippen LogP contribution in [-0.4, -0.2) is 43.2 Å². The molecule has 0 saturated carbocycles. The first-order valence-corrected chi connectivity index (χ1v) is 8.04. The molecule has 0 saturated heterocycles. The van der Waals surface area contributed by atoms with E-state index >= 15 is 0 Å². The van der Waals surface area contributed by atoms with Crippen LogP contribution in [0.5, 0.6) is 0 Å². The average Bonchev–Trinajstić information content (AvgIpc) is 3.08. The van der Waals surface area contributed by atoms with Gasteiger partial charge in [0.05, 0.1) is 23.9 Å². The third-order valence-corrected chi connectivity index (χ3v) is 4.13. The predicted octanol–water partition coefficient (Wildman–Crippen LogP) is 2.52. The molecule has 1 atom stereocenters. The number of nitrogens with one attached hydrogen (secondary N) is 1. The van der Waals surface area contributed by atoms with E-state index in [1.807, 2.05) is 30.6 Å². The zero-order valence-corrected chi connectivity index (χ0v) is 14.0. The summed E-state index contributed by atoms with van der Waals surface area (Å²) in [6.45, 7) is 4.03. The Morgan fingerprint density at radius 3 is 2.60 bits per heavy atom. The van der Waals surface area contributed by atoms with Crippen LogP contribution in [-0.2, 0) is 0 Å². The normalized spacial score (nSPS) is 12.5. The Hall–Kier alpha value is -2.93. The largest absolute Gasteiger partial charge is 0.478 e. The van der Waals surface area contributed by atoms with E-state index in [1.165, 1.54) is 0 Å². The summed E-state index contributed by atoms with van der Waals surface area (Å²) in [5, 5.41) is 21.9. The van der Waals surface area contributed by atoms with Crippen LogP contribution < -0.4 is 5.32 Å². The molecule has 7 nitrogen and oxygen atoms in total. The zero-order chi connectivity index (χ0) is 18.0. The summed E-state index contributed by atoms with van der Waals surface area (Å²) < 4.78 is 1.85. The number of rotatable bonds is 6. The number of carboxylic acid groups (broad SMARTS) is 1. The van der Waals surface area contributed by atoms with Crippen LogP contribution in [0, 0.1) is 5.92 Å².